The van der Waals surface area contributed by atoms with E-state index >= 15 is 0 Å². The molecule has 0 aliphatic rings. The number of carbonyl (C=O) groups is 1. The lowest BCUT2D eigenvalue weighted by Gasteiger charge is -2.10. The summed E-state index contributed by atoms with van der Waals surface area (Å²) in [5, 5.41) is 11.3. The van der Waals surface area contributed by atoms with Gasteiger partial charge < -0.3 is 14.3 Å². The van der Waals surface area contributed by atoms with Crippen LogP contribution in [0.15, 0.2) is 32.3 Å². The number of ether oxygens (including phenoxy) is 1. The van der Waals surface area contributed by atoms with Crippen molar-refractivity contribution in [3.63, 3.8) is 0 Å². The fourth-order valence-electron chi connectivity index (χ4n) is 2.15. The van der Waals surface area contributed by atoms with E-state index in [0.717, 1.165) is 0 Å². The standard InChI is InChI=1S/C16H17ClO5S/c1-4-23(8-13(18)21-9(2)3)15-14(19)11-6-5-10(17)7-12(11)22-16(15)20/h5-7,9H,4,8H2,1-3H3/p+1. The van der Waals surface area contributed by atoms with Crippen LogP contribution in [0.25, 0.3) is 11.0 Å². The molecule has 0 radical (unpaired) electrons. The molecule has 1 atom stereocenters. The Morgan fingerprint density at radius 2 is 2.13 bits per heavy atom. The van der Waals surface area contributed by atoms with Crippen molar-refractivity contribution < 1.29 is 19.1 Å². The van der Waals surface area contributed by atoms with Gasteiger partial charge in [-0.2, -0.15) is 0 Å². The van der Waals surface area contributed by atoms with Crippen molar-refractivity contribution in [3.8, 4) is 5.75 Å². The highest BCUT2D eigenvalue weighted by molar-refractivity contribution is 7.97. The van der Waals surface area contributed by atoms with Gasteiger partial charge in [0.25, 0.3) is 4.90 Å². The quantitative estimate of drug-likeness (QED) is 0.505. The molecule has 1 N–H and O–H groups in total. The van der Waals surface area contributed by atoms with Gasteiger partial charge in [-0.05, 0) is 32.9 Å². The summed E-state index contributed by atoms with van der Waals surface area (Å²) in [6.07, 6.45) is -0.228. The summed E-state index contributed by atoms with van der Waals surface area (Å²) in [4.78, 5) is 24.3. The fourth-order valence-corrected chi connectivity index (χ4v) is 3.97. The first-order chi connectivity index (χ1) is 10.8. The third kappa shape index (κ3) is 4.00. The van der Waals surface area contributed by atoms with Gasteiger partial charge in [0.05, 0.1) is 11.5 Å². The van der Waals surface area contributed by atoms with E-state index in [1.54, 1.807) is 26.0 Å². The third-order valence-corrected chi connectivity index (χ3v) is 5.55. The molecule has 7 heteroatoms. The van der Waals surface area contributed by atoms with E-state index in [1.165, 1.54) is 6.07 Å². The smallest absolute Gasteiger partial charge is 0.396 e. The predicted octanol–water partition coefficient (Wildman–Crippen LogP) is 3.10. The number of carbonyl (C=O) groups excluding carboxylic acids is 1. The summed E-state index contributed by atoms with van der Waals surface area (Å²) < 4.78 is 10.4. The molecule has 1 aromatic heterocycles. The number of aromatic hydroxyl groups is 1. The molecule has 1 aromatic carbocycles. The molecule has 2 aromatic rings. The van der Waals surface area contributed by atoms with Crippen molar-refractivity contribution in [2.45, 2.75) is 31.8 Å². The Balaban J connectivity index is 2.46. The van der Waals surface area contributed by atoms with Gasteiger partial charge in [0, 0.05) is 22.0 Å². The van der Waals surface area contributed by atoms with E-state index in [4.69, 9.17) is 20.8 Å². The number of benzene rings is 1. The van der Waals surface area contributed by atoms with E-state index in [1.807, 2.05) is 6.92 Å². The Morgan fingerprint density at radius 1 is 1.43 bits per heavy atom. The van der Waals surface area contributed by atoms with Crippen LogP contribution in [-0.2, 0) is 20.4 Å². The number of esters is 1. The summed E-state index contributed by atoms with van der Waals surface area (Å²) in [6, 6.07) is 4.66. The van der Waals surface area contributed by atoms with E-state index in [0.29, 0.717) is 16.2 Å². The van der Waals surface area contributed by atoms with Crippen molar-refractivity contribution in [3.05, 3.63) is 33.6 Å². The Kier molecular flexibility index (Phi) is 5.59. The molecule has 5 nitrogen and oxygen atoms in total. The largest absolute Gasteiger partial charge is 0.503 e. The van der Waals surface area contributed by atoms with Crippen LogP contribution in [0.4, 0.5) is 0 Å². The van der Waals surface area contributed by atoms with Crippen LogP contribution in [-0.4, -0.2) is 28.7 Å². The summed E-state index contributed by atoms with van der Waals surface area (Å²) in [5.41, 5.74) is -0.437. The summed E-state index contributed by atoms with van der Waals surface area (Å²) in [6.45, 7) is 5.36. The van der Waals surface area contributed by atoms with Crippen LogP contribution in [0.1, 0.15) is 20.8 Å². The molecule has 0 bridgehead atoms. The van der Waals surface area contributed by atoms with Crippen LogP contribution in [0.2, 0.25) is 5.02 Å². The van der Waals surface area contributed by atoms with Crippen molar-refractivity contribution in [1.82, 2.24) is 0 Å². The number of fused-ring (bicyclic) bond motifs is 1. The first-order valence-electron chi connectivity index (χ1n) is 7.15. The highest BCUT2D eigenvalue weighted by atomic mass is 35.5. The molecule has 0 saturated carbocycles. The zero-order chi connectivity index (χ0) is 17.1. The van der Waals surface area contributed by atoms with Crippen LogP contribution in [0.3, 0.4) is 0 Å². The number of hydrogen-bond acceptors (Lipinski definition) is 5. The molecule has 2 rings (SSSR count). The van der Waals surface area contributed by atoms with Crippen LogP contribution in [0.5, 0.6) is 5.75 Å². The van der Waals surface area contributed by atoms with E-state index in [-0.39, 0.29) is 28.1 Å². The first-order valence-corrected chi connectivity index (χ1v) is 9.09. The maximum absolute atomic E-state index is 12.3. The van der Waals surface area contributed by atoms with Crippen molar-refractivity contribution >= 4 is 39.4 Å². The average molecular weight is 358 g/mol. The Morgan fingerprint density at radius 3 is 2.74 bits per heavy atom. The van der Waals surface area contributed by atoms with Crippen LogP contribution in [0, 0.1) is 0 Å². The molecule has 0 saturated heterocycles. The molecule has 124 valence electrons. The van der Waals surface area contributed by atoms with Gasteiger partial charge in [0.1, 0.15) is 11.3 Å². The third-order valence-electron chi connectivity index (χ3n) is 3.10. The molecule has 23 heavy (non-hydrogen) atoms. The summed E-state index contributed by atoms with van der Waals surface area (Å²) in [7, 11) is -0.790. The summed E-state index contributed by atoms with van der Waals surface area (Å²) >= 11 is 5.87. The zero-order valence-corrected chi connectivity index (χ0v) is 14.7. The molecule has 1 unspecified atom stereocenters. The van der Waals surface area contributed by atoms with Crippen molar-refractivity contribution in [2.24, 2.45) is 0 Å². The zero-order valence-electron chi connectivity index (χ0n) is 13.1. The number of hydrogen-bond donors (Lipinski definition) is 1. The van der Waals surface area contributed by atoms with Crippen LogP contribution >= 0.6 is 11.6 Å². The second-order valence-electron chi connectivity index (χ2n) is 5.17. The minimum Gasteiger partial charge on any atom is -0.503 e. The maximum atomic E-state index is 12.3. The van der Waals surface area contributed by atoms with E-state index < -0.39 is 22.5 Å². The second kappa shape index (κ2) is 7.27. The van der Waals surface area contributed by atoms with E-state index in [2.05, 4.69) is 0 Å². The lowest BCUT2D eigenvalue weighted by Crippen LogP contribution is -2.26. The van der Waals surface area contributed by atoms with Gasteiger partial charge in [-0.25, -0.2) is 9.59 Å². The average Bonchev–Trinajstić information content (AvgIpc) is 2.44. The minimum atomic E-state index is -0.790. The van der Waals surface area contributed by atoms with Crippen LogP contribution < -0.4 is 5.63 Å². The normalized spacial score (nSPS) is 12.6. The van der Waals surface area contributed by atoms with Gasteiger partial charge in [0.2, 0.25) is 5.75 Å². The SMILES string of the molecule is CC[S+](CC(=O)OC(C)C)c1c(O)c2ccc(Cl)cc2oc1=O. The summed E-state index contributed by atoms with van der Waals surface area (Å²) in [5.74, 6) is -0.00731. The van der Waals surface area contributed by atoms with E-state index in [9.17, 15) is 14.7 Å². The topological polar surface area (TPSA) is 76.7 Å². The second-order valence-corrected chi connectivity index (χ2v) is 7.87. The lowest BCUT2D eigenvalue weighted by molar-refractivity contribution is -0.144. The fraction of sp³-hybridized carbons (Fsp3) is 0.375. The molecule has 0 aliphatic carbocycles. The molecule has 0 amide bonds. The molecule has 0 aliphatic heterocycles. The van der Waals surface area contributed by atoms with Gasteiger partial charge in [-0.3, -0.25) is 0 Å². The lowest BCUT2D eigenvalue weighted by atomic mass is 10.2. The minimum absolute atomic E-state index is 0.0338. The van der Waals surface area contributed by atoms with Gasteiger partial charge >= 0.3 is 11.6 Å². The van der Waals surface area contributed by atoms with Gasteiger partial charge in [0.15, 0.2) is 5.75 Å². The highest BCUT2D eigenvalue weighted by Crippen LogP contribution is 2.32. The number of rotatable bonds is 5. The first kappa shape index (κ1) is 17.7. The van der Waals surface area contributed by atoms with Gasteiger partial charge in [-0.1, -0.05) is 11.6 Å². The Hall–Kier alpha value is -1.66. The highest BCUT2D eigenvalue weighted by Gasteiger charge is 2.34. The number of halogens is 1. The molecular formula is C16H18ClO5S+. The van der Waals surface area contributed by atoms with Crippen molar-refractivity contribution in [2.75, 3.05) is 11.5 Å². The molecule has 0 spiro atoms. The molecule has 1 heterocycles. The molecule has 0 fully saturated rings. The Bertz CT molecular complexity index is 784. The van der Waals surface area contributed by atoms with Crippen molar-refractivity contribution in [1.29, 1.82) is 0 Å². The monoisotopic (exact) mass is 357 g/mol. The maximum Gasteiger partial charge on any atom is 0.396 e. The predicted molar refractivity (Wildman–Crippen MR) is 91.4 cm³/mol. The van der Waals surface area contributed by atoms with Gasteiger partial charge in [-0.15, -0.1) is 0 Å². The Labute approximate surface area is 141 Å². The molecular weight excluding hydrogens is 340 g/mol.